The molecule has 0 saturated carbocycles. The van der Waals surface area contributed by atoms with Crippen molar-refractivity contribution in [2.45, 2.75) is 25.0 Å². The Morgan fingerprint density at radius 2 is 1.68 bits per heavy atom. The number of fused-ring (bicyclic) bond motifs is 1. The van der Waals surface area contributed by atoms with E-state index in [-0.39, 0.29) is 25.8 Å². The Hall–Kier alpha value is -3.10. The van der Waals surface area contributed by atoms with Gasteiger partial charge in [0.25, 0.3) is 0 Å². The minimum atomic E-state index is -1.28. The quantitative estimate of drug-likeness (QED) is 0.604. The highest BCUT2D eigenvalue weighted by Gasteiger charge is 2.39. The molecule has 164 valence electrons. The predicted octanol–water partition coefficient (Wildman–Crippen LogP) is 1.46. The molecular weight excluding hydrogens is 400 g/mol. The zero-order valence-electron chi connectivity index (χ0n) is 17.1. The first kappa shape index (κ1) is 21.1. The summed E-state index contributed by atoms with van der Waals surface area (Å²) < 4.78 is 16.0. The largest absolute Gasteiger partial charge is 0.454 e. The van der Waals surface area contributed by atoms with E-state index in [1.807, 2.05) is 30.3 Å². The highest BCUT2D eigenvalue weighted by molar-refractivity contribution is 6.35. The summed E-state index contributed by atoms with van der Waals surface area (Å²) >= 11 is 0. The zero-order chi connectivity index (χ0) is 21.7. The third kappa shape index (κ3) is 4.81. The number of aliphatic hydroxyl groups is 1. The van der Waals surface area contributed by atoms with Crippen LogP contribution >= 0.6 is 0 Å². The molecule has 8 nitrogen and oxygen atoms in total. The van der Waals surface area contributed by atoms with Crippen molar-refractivity contribution >= 4 is 11.8 Å². The number of carbonyl (C=O) groups is 2. The van der Waals surface area contributed by atoms with Crippen LogP contribution in [0.4, 0.5) is 0 Å². The minimum absolute atomic E-state index is 0.0576. The van der Waals surface area contributed by atoms with Crippen LogP contribution in [-0.2, 0) is 26.5 Å². The van der Waals surface area contributed by atoms with Crippen molar-refractivity contribution in [1.29, 1.82) is 0 Å². The van der Waals surface area contributed by atoms with E-state index in [9.17, 15) is 14.7 Å². The van der Waals surface area contributed by atoms with Gasteiger partial charge in [0.15, 0.2) is 11.5 Å². The molecule has 1 atom stereocenters. The van der Waals surface area contributed by atoms with E-state index in [1.165, 1.54) is 0 Å². The Balaban J connectivity index is 1.36. The standard InChI is InChI=1S/C23H26N2O6/c26-21(24-13-16-6-7-19-20(12-16)31-15-30-19)22(27)25-14-23(28,17-4-2-1-3-5-17)18-8-10-29-11-9-18/h1-7,12,18,28H,8-11,13-15H2,(H,24,26)(H,25,27). The summed E-state index contributed by atoms with van der Waals surface area (Å²) in [5.74, 6) is -0.371. The molecule has 2 aromatic carbocycles. The summed E-state index contributed by atoms with van der Waals surface area (Å²) in [7, 11) is 0. The number of hydrogen-bond acceptors (Lipinski definition) is 6. The van der Waals surface area contributed by atoms with Crippen LogP contribution in [0.15, 0.2) is 48.5 Å². The van der Waals surface area contributed by atoms with E-state index in [0.29, 0.717) is 43.1 Å². The molecule has 2 aliphatic rings. The van der Waals surface area contributed by atoms with E-state index in [0.717, 1.165) is 5.56 Å². The van der Waals surface area contributed by atoms with Gasteiger partial charge in [0.1, 0.15) is 5.60 Å². The van der Waals surface area contributed by atoms with Gasteiger partial charge in [-0.05, 0) is 42.0 Å². The van der Waals surface area contributed by atoms with Crippen LogP contribution in [0.2, 0.25) is 0 Å². The van der Waals surface area contributed by atoms with Crippen LogP contribution < -0.4 is 20.1 Å². The lowest BCUT2D eigenvalue weighted by Crippen LogP contribution is -2.50. The smallest absolute Gasteiger partial charge is 0.309 e. The summed E-state index contributed by atoms with van der Waals surface area (Å²) in [5.41, 5.74) is 0.217. The molecule has 0 aromatic heterocycles. The van der Waals surface area contributed by atoms with Gasteiger partial charge in [-0.15, -0.1) is 0 Å². The average Bonchev–Trinajstić information content (AvgIpc) is 3.30. The van der Waals surface area contributed by atoms with Crippen molar-refractivity contribution in [2.75, 3.05) is 26.6 Å². The van der Waals surface area contributed by atoms with Crippen molar-refractivity contribution in [3.8, 4) is 11.5 Å². The molecule has 0 bridgehead atoms. The highest BCUT2D eigenvalue weighted by atomic mass is 16.7. The summed E-state index contributed by atoms with van der Waals surface area (Å²) in [6.45, 7) is 1.41. The van der Waals surface area contributed by atoms with Crippen LogP contribution in [-0.4, -0.2) is 43.5 Å². The third-order valence-electron chi connectivity index (χ3n) is 5.79. The monoisotopic (exact) mass is 426 g/mol. The second kappa shape index (κ2) is 9.36. The number of amides is 2. The Morgan fingerprint density at radius 3 is 2.45 bits per heavy atom. The highest BCUT2D eigenvalue weighted by Crippen LogP contribution is 2.36. The van der Waals surface area contributed by atoms with Gasteiger partial charge in [0, 0.05) is 19.8 Å². The number of rotatable bonds is 6. The molecule has 1 saturated heterocycles. The van der Waals surface area contributed by atoms with Crippen LogP contribution in [0.3, 0.4) is 0 Å². The van der Waals surface area contributed by atoms with Crippen LogP contribution in [0.1, 0.15) is 24.0 Å². The van der Waals surface area contributed by atoms with Gasteiger partial charge in [-0.2, -0.15) is 0 Å². The van der Waals surface area contributed by atoms with Crippen molar-refractivity contribution < 1.29 is 28.9 Å². The lowest BCUT2D eigenvalue weighted by atomic mass is 9.77. The van der Waals surface area contributed by atoms with Gasteiger partial charge >= 0.3 is 11.8 Å². The molecule has 1 fully saturated rings. The first-order valence-corrected chi connectivity index (χ1v) is 10.4. The predicted molar refractivity (Wildman–Crippen MR) is 111 cm³/mol. The van der Waals surface area contributed by atoms with Crippen molar-refractivity contribution in [1.82, 2.24) is 10.6 Å². The first-order valence-electron chi connectivity index (χ1n) is 10.4. The molecule has 2 aliphatic heterocycles. The van der Waals surface area contributed by atoms with Gasteiger partial charge < -0.3 is 30.0 Å². The number of carbonyl (C=O) groups excluding carboxylic acids is 2. The number of ether oxygens (including phenoxy) is 3. The fourth-order valence-corrected chi connectivity index (χ4v) is 3.99. The van der Waals surface area contributed by atoms with Gasteiger partial charge in [-0.1, -0.05) is 36.4 Å². The maximum absolute atomic E-state index is 12.4. The lowest BCUT2D eigenvalue weighted by molar-refractivity contribution is -0.140. The number of benzene rings is 2. The molecule has 4 rings (SSSR count). The minimum Gasteiger partial charge on any atom is -0.454 e. The van der Waals surface area contributed by atoms with Gasteiger partial charge in [0.2, 0.25) is 6.79 Å². The topological polar surface area (TPSA) is 106 Å². The molecule has 8 heteroatoms. The fraction of sp³-hybridized carbons (Fsp3) is 0.391. The second-order valence-corrected chi connectivity index (χ2v) is 7.73. The molecule has 2 heterocycles. The molecule has 0 spiro atoms. The molecule has 0 radical (unpaired) electrons. The Morgan fingerprint density at radius 1 is 0.968 bits per heavy atom. The Labute approximate surface area is 180 Å². The summed E-state index contributed by atoms with van der Waals surface area (Å²) in [6, 6.07) is 14.6. The number of nitrogens with one attached hydrogen (secondary N) is 2. The molecule has 3 N–H and O–H groups in total. The van der Waals surface area contributed by atoms with Crippen LogP contribution in [0.25, 0.3) is 0 Å². The van der Waals surface area contributed by atoms with Crippen molar-refractivity contribution in [3.05, 3.63) is 59.7 Å². The average molecular weight is 426 g/mol. The maximum Gasteiger partial charge on any atom is 0.309 e. The summed E-state index contributed by atoms with van der Waals surface area (Å²) in [6.07, 6.45) is 1.36. The number of hydrogen-bond donors (Lipinski definition) is 3. The normalized spacial score (nSPS) is 17.6. The maximum atomic E-state index is 12.4. The summed E-state index contributed by atoms with van der Waals surface area (Å²) in [4.78, 5) is 24.7. The molecule has 2 amide bonds. The second-order valence-electron chi connectivity index (χ2n) is 7.73. The molecule has 31 heavy (non-hydrogen) atoms. The lowest BCUT2D eigenvalue weighted by Gasteiger charge is -2.39. The van der Waals surface area contributed by atoms with E-state index in [4.69, 9.17) is 14.2 Å². The van der Waals surface area contributed by atoms with Gasteiger partial charge in [0.05, 0.1) is 6.54 Å². The van der Waals surface area contributed by atoms with Crippen molar-refractivity contribution in [2.24, 2.45) is 5.92 Å². The van der Waals surface area contributed by atoms with Crippen LogP contribution in [0.5, 0.6) is 11.5 Å². The Bertz CT molecular complexity index is 929. The van der Waals surface area contributed by atoms with Crippen molar-refractivity contribution in [3.63, 3.8) is 0 Å². The SMILES string of the molecule is O=C(NCc1ccc2c(c1)OCO2)C(=O)NCC(O)(c1ccccc1)C1CCOCC1. The molecular formula is C23H26N2O6. The summed E-state index contributed by atoms with van der Waals surface area (Å²) in [5, 5.41) is 16.7. The Kier molecular flexibility index (Phi) is 6.39. The van der Waals surface area contributed by atoms with Crippen LogP contribution in [0, 0.1) is 5.92 Å². The van der Waals surface area contributed by atoms with E-state index in [2.05, 4.69) is 10.6 Å². The molecule has 0 aliphatic carbocycles. The van der Waals surface area contributed by atoms with Gasteiger partial charge in [-0.25, -0.2) is 0 Å². The van der Waals surface area contributed by atoms with E-state index < -0.39 is 17.4 Å². The van der Waals surface area contributed by atoms with E-state index >= 15 is 0 Å². The zero-order valence-corrected chi connectivity index (χ0v) is 17.1. The third-order valence-corrected chi connectivity index (χ3v) is 5.79. The van der Waals surface area contributed by atoms with E-state index in [1.54, 1.807) is 18.2 Å². The molecule has 2 aromatic rings. The first-order chi connectivity index (χ1) is 15.1. The molecule has 1 unspecified atom stereocenters. The fourth-order valence-electron chi connectivity index (χ4n) is 3.99. The van der Waals surface area contributed by atoms with Gasteiger partial charge in [-0.3, -0.25) is 9.59 Å².